The summed E-state index contributed by atoms with van der Waals surface area (Å²) < 4.78 is 31.2. The Kier molecular flexibility index (Phi) is 4.37. The van der Waals surface area contributed by atoms with Crippen LogP contribution in [0.2, 0.25) is 0 Å². The number of nitrogens with zero attached hydrogens (tertiary/aromatic N) is 1. The maximum Gasteiger partial charge on any atom is 0.311 e. The Hall–Kier alpha value is -1.82. The van der Waals surface area contributed by atoms with Gasteiger partial charge >= 0.3 is 5.97 Å². The van der Waals surface area contributed by atoms with Gasteiger partial charge in [-0.05, 0) is 39.0 Å². The van der Waals surface area contributed by atoms with Gasteiger partial charge in [-0.3, -0.25) is 4.79 Å². The van der Waals surface area contributed by atoms with Crippen LogP contribution >= 0.6 is 11.3 Å². The van der Waals surface area contributed by atoms with E-state index in [4.69, 9.17) is 4.74 Å². The number of carbonyl (C=O) groups is 1. The minimum atomic E-state index is -0.916. The molecule has 1 heterocycles. The molecule has 0 bridgehead atoms. The average Bonchev–Trinajstić information content (AvgIpc) is 2.87. The lowest BCUT2D eigenvalue weighted by molar-refractivity contribution is -0.154. The van der Waals surface area contributed by atoms with Gasteiger partial charge < -0.3 is 4.74 Å². The van der Waals surface area contributed by atoms with Gasteiger partial charge in [0.2, 0.25) is 0 Å². The van der Waals surface area contributed by atoms with E-state index in [1.54, 1.807) is 26.2 Å². The van der Waals surface area contributed by atoms with Crippen molar-refractivity contribution in [1.29, 1.82) is 0 Å². The highest BCUT2D eigenvalue weighted by molar-refractivity contribution is 7.09. The van der Waals surface area contributed by atoms with E-state index in [1.165, 1.54) is 17.4 Å². The normalized spacial score (nSPS) is 11.5. The van der Waals surface area contributed by atoms with Crippen LogP contribution in [0.5, 0.6) is 0 Å². The molecular formula is C15H15F2NO2S. The highest BCUT2D eigenvalue weighted by Gasteiger charge is 2.23. The molecule has 0 amide bonds. The summed E-state index contributed by atoms with van der Waals surface area (Å²) in [6, 6.07) is 3.61. The van der Waals surface area contributed by atoms with Gasteiger partial charge in [0.1, 0.15) is 11.6 Å². The summed E-state index contributed by atoms with van der Waals surface area (Å²) >= 11 is 1.30. The van der Waals surface area contributed by atoms with Gasteiger partial charge in [0.25, 0.3) is 0 Å². The number of hydrogen-bond donors (Lipinski definition) is 0. The predicted octanol–water partition coefficient (Wildman–Crippen LogP) is 4.18. The predicted molar refractivity (Wildman–Crippen MR) is 76.7 cm³/mol. The van der Waals surface area contributed by atoms with Crippen molar-refractivity contribution in [3.05, 3.63) is 40.2 Å². The first-order valence-corrected chi connectivity index (χ1v) is 7.22. The first kappa shape index (κ1) is 15.6. The molecule has 2 aromatic rings. The molecule has 0 spiro atoms. The maximum absolute atomic E-state index is 13.2. The van der Waals surface area contributed by atoms with E-state index < -0.39 is 17.0 Å². The second-order valence-corrected chi connectivity index (χ2v) is 6.52. The molecule has 3 nitrogen and oxygen atoms in total. The summed E-state index contributed by atoms with van der Waals surface area (Å²) in [5.74, 6) is -2.12. The van der Waals surface area contributed by atoms with E-state index in [0.29, 0.717) is 16.3 Å². The van der Waals surface area contributed by atoms with Gasteiger partial charge in [0.15, 0.2) is 11.6 Å². The summed E-state index contributed by atoms with van der Waals surface area (Å²) in [7, 11) is 0. The van der Waals surface area contributed by atoms with Crippen molar-refractivity contribution in [2.45, 2.75) is 27.4 Å². The summed E-state index contributed by atoms with van der Waals surface area (Å²) in [6.07, 6.45) is 0. The molecular weight excluding hydrogens is 296 g/mol. The summed E-state index contributed by atoms with van der Waals surface area (Å²) in [5, 5.41) is 2.32. The second kappa shape index (κ2) is 5.89. The SMILES string of the molecule is CC(C)(C)C(=O)OCc1nc(-c2ccc(F)c(F)c2)cs1. The summed E-state index contributed by atoms with van der Waals surface area (Å²) in [6.45, 7) is 5.38. The molecule has 0 atom stereocenters. The van der Waals surface area contributed by atoms with Gasteiger partial charge in [0, 0.05) is 10.9 Å². The van der Waals surface area contributed by atoms with Crippen LogP contribution in [0.4, 0.5) is 8.78 Å². The van der Waals surface area contributed by atoms with Crippen LogP contribution in [0.15, 0.2) is 23.6 Å². The van der Waals surface area contributed by atoms with Crippen LogP contribution in [0.1, 0.15) is 25.8 Å². The maximum atomic E-state index is 13.2. The van der Waals surface area contributed by atoms with Crippen molar-refractivity contribution < 1.29 is 18.3 Å². The number of rotatable bonds is 3. The quantitative estimate of drug-likeness (QED) is 0.798. The molecule has 0 radical (unpaired) electrons. The number of hydrogen-bond acceptors (Lipinski definition) is 4. The third-order valence-electron chi connectivity index (χ3n) is 2.71. The van der Waals surface area contributed by atoms with Crippen LogP contribution in [0.3, 0.4) is 0 Å². The first-order chi connectivity index (χ1) is 9.77. The van der Waals surface area contributed by atoms with Gasteiger partial charge in [0.05, 0.1) is 11.1 Å². The molecule has 6 heteroatoms. The number of benzene rings is 1. The van der Waals surface area contributed by atoms with Crippen molar-refractivity contribution in [2.75, 3.05) is 0 Å². The minimum Gasteiger partial charge on any atom is -0.458 e. The fourth-order valence-corrected chi connectivity index (χ4v) is 2.22. The molecule has 1 aromatic heterocycles. The van der Waals surface area contributed by atoms with Crippen molar-refractivity contribution in [1.82, 2.24) is 4.98 Å². The van der Waals surface area contributed by atoms with Crippen LogP contribution in [-0.2, 0) is 16.1 Å². The number of carbonyl (C=O) groups excluding carboxylic acids is 1. The Morgan fingerprint density at radius 2 is 2.00 bits per heavy atom. The number of ether oxygens (including phenoxy) is 1. The topological polar surface area (TPSA) is 39.2 Å². The molecule has 0 saturated carbocycles. The molecule has 0 N–H and O–H groups in total. The highest BCUT2D eigenvalue weighted by Crippen LogP contribution is 2.24. The fourth-order valence-electron chi connectivity index (χ4n) is 1.51. The number of halogens is 2. The molecule has 112 valence electrons. The zero-order valence-electron chi connectivity index (χ0n) is 11.9. The fraction of sp³-hybridized carbons (Fsp3) is 0.333. The largest absolute Gasteiger partial charge is 0.458 e. The molecule has 0 aliphatic carbocycles. The number of aromatic nitrogens is 1. The van der Waals surface area contributed by atoms with Gasteiger partial charge in [-0.2, -0.15) is 0 Å². The number of esters is 1. The van der Waals surface area contributed by atoms with Crippen LogP contribution in [-0.4, -0.2) is 11.0 Å². The average molecular weight is 311 g/mol. The van der Waals surface area contributed by atoms with E-state index in [2.05, 4.69) is 4.98 Å². The van der Waals surface area contributed by atoms with Crippen molar-refractivity contribution in [3.63, 3.8) is 0 Å². The second-order valence-electron chi connectivity index (χ2n) is 5.58. The van der Waals surface area contributed by atoms with E-state index >= 15 is 0 Å². The lowest BCUT2D eigenvalue weighted by Crippen LogP contribution is -2.22. The zero-order chi connectivity index (χ0) is 15.6. The third kappa shape index (κ3) is 3.85. The molecule has 1 aromatic carbocycles. The van der Waals surface area contributed by atoms with Crippen molar-refractivity contribution in [3.8, 4) is 11.3 Å². The highest BCUT2D eigenvalue weighted by atomic mass is 32.1. The lowest BCUT2D eigenvalue weighted by atomic mass is 9.97. The van der Waals surface area contributed by atoms with E-state index in [9.17, 15) is 13.6 Å². The first-order valence-electron chi connectivity index (χ1n) is 6.34. The molecule has 0 aliphatic heterocycles. The number of thiazole rings is 1. The van der Waals surface area contributed by atoms with Gasteiger partial charge in [-0.1, -0.05) is 0 Å². The molecule has 21 heavy (non-hydrogen) atoms. The van der Waals surface area contributed by atoms with Crippen LogP contribution in [0, 0.1) is 17.0 Å². The zero-order valence-corrected chi connectivity index (χ0v) is 12.8. The smallest absolute Gasteiger partial charge is 0.311 e. The molecule has 0 aliphatic rings. The van der Waals surface area contributed by atoms with E-state index in [1.807, 2.05) is 0 Å². The molecule has 0 saturated heterocycles. The van der Waals surface area contributed by atoms with E-state index in [-0.39, 0.29) is 12.6 Å². The summed E-state index contributed by atoms with van der Waals surface area (Å²) in [5.41, 5.74) is 0.444. The monoisotopic (exact) mass is 311 g/mol. The van der Waals surface area contributed by atoms with Crippen molar-refractivity contribution >= 4 is 17.3 Å². The Labute approximate surface area is 125 Å². The lowest BCUT2D eigenvalue weighted by Gasteiger charge is -2.15. The Morgan fingerprint density at radius 1 is 1.29 bits per heavy atom. The Balaban J connectivity index is 2.08. The third-order valence-corrected chi connectivity index (χ3v) is 3.53. The molecule has 0 fully saturated rings. The molecule has 0 unspecified atom stereocenters. The van der Waals surface area contributed by atoms with Gasteiger partial charge in [-0.15, -0.1) is 11.3 Å². The van der Waals surface area contributed by atoms with Crippen LogP contribution in [0.25, 0.3) is 11.3 Å². The van der Waals surface area contributed by atoms with Gasteiger partial charge in [-0.25, -0.2) is 13.8 Å². The van der Waals surface area contributed by atoms with E-state index in [0.717, 1.165) is 12.1 Å². The molecule has 2 rings (SSSR count). The Morgan fingerprint density at radius 3 is 2.62 bits per heavy atom. The van der Waals surface area contributed by atoms with Crippen molar-refractivity contribution in [2.24, 2.45) is 5.41 Å². The Bertz CT molecular complexity index is 662. The standard InChI is InChI=1S/C15H15F2NO2S/c1-15(2,3)14(19)20-7-13-18-12(8-21-13)9-4-5-10(16)11(17)6-9/h4-6,8H,7H2,1-3H3. The minimum absolute atomic E-state index is 0.0739. The van der Waals surface area contributed by atoms with Crippen LogP contribution < -0.4 is 0 Å². The summed E-state index contributed by atoms with van der Waals surface area (Å²) in [4.78, 5) is 15.9.